The average Bonchev–Trinajstić information content (AvgIpc) is 2.39. The fraction of sp³-hybridized carbons (Fsp3) is 0.429. The number of rotatable bonds is 4. The highest BCUT2D eigenvalue weighted by atomic mass is 16.6. The van der Waals surface area contributed by atoms with E-state index in [1.165, 1.54) is 0 Å². The van der Waals surface area contributed by atoms with Gasteiger partial charge in [-0.15, -0.1) is 0 Å². The topological polar surface area (TPSA) is 64.6 Å². The Hall–Kier alpha value is -2.04. The van der Waals surface area contributed by atoms with Crippen molar-refractivity contribution in [2.75, 3.05) is 11.9 Å². The number of ether oxygens (including phenoxy) is 2. The summed E-state index contributed by atoms with van der Waals surface area (Å²) < 4.78 is 10.5. The molecule has 0 bridgehead atoms. The lowest BCUT2D eigenvalue weighted by Gasteiger charge is -2.21. The number of amides is 1. The molecule has 1 unspecified atom stereocenters. The lowest BCUT2D eigenvalue weighted by molar-refractivity contribution is -0.150. The summed E-state index contributed by atoms with van der Waals surface area (Å²) in [5.74, 6) is 0.0562. The third-order valence-corrected chi connectivity index (χ3v) is 2.92. The van der Waals surface area contributed by atoms with E-state index in [9.17, 15) is 9.59 Å². The number of hydrogen-bond acceptors (Lipinski definition) is 4. The third-order valence-electron chi connectivity index (χ3n) is 2.92. The number of benzene rings is 1. The molecule has 0 fully saturated rings. The van der Waals surface area contributed by atoms with Crippen molar-refractivity contribution in [3.63, 3.8) is 0 Å². The van der Waals surface area contributed by atoms with Gasteiger partial charge in [0.25, 0.3) is 0 Å². The van der Waals surface area contributed by atoms with Crippen molar-refractivity contribution in [2.24, 2.45) is 0 Å². The molecular formula is C14H17NO4. The van der Waals surface area contributed by atoms with Crippen molar-refractivity contribution in [2.45, 2.75) is 32.8 Å². The molecule has 0 aromatic heterocycles. The van der Waals surface area contributed by atoms with Gasteiger partial charge in [-0.3, -0.25) is 4.79 Å². The van der Waals surface area contributed by atoms with Crippen molar-refractivity contribution in [1.82, 2.24) is 0 Å². The van der Waals surface area contributed by atoms with Crippen molar-refractivity contribution in [3.05, 3.63) is 23.8 Å². The molecule has 1 aromatic rings. The second-order valence-corrected chi connectivity index (χ2v) is 4.35. The highest BCUT2D eigenvalue weighted by Gasteiger charge is 2.22. The van der Waals surface area contributed by atoms with Gasteiger partial charge in [-0.1, -0.05) is 12.1 Å². The Morgan fingerprint density at radius 2 is 2.21 bits per heavy atom. The molecule has 1 aliphatic rings. The molecule has 5 nitrogen and oxygen atoms in total. The zero-order valence-electron chi connectivity index (χ0n) is 11.1. The zero-order valence-corrected chi connectivity index (χ0v) is 11.1. The van der Waals surface area contributed by atoms with Crippen LogP contribution in [0.1, 0.15) is 25.8 Å². The zero-order chi connectivity index (χ0) is 13.8. The molecule has 1 atom stereocenters. The Labute approximate surface area is 111 Å². The fourth-order valence-corrected chi connectivity index (χ4v) is 1.97. The molecule has 1 aromatic carbocycles. The van der Waals surface area contributed by atoms with Gasteiger partial charge in [-0.2, -0.15) is 0 Å². The van der Waals surface area contributed by atoms with Gasteiger partial charge in [0, 0.05) is 6.42 Å². The van der Waals surface area contributed by atoms with Gasteiger partial charge >= 0.3 is 5.97 Å². The van der Waals surface area contributed by atoms with Crippen LogP contribution < -0.4 is 10.1 Å². The van der Waals surface area contributed by atoms with Crippen LogP contribution in [0.3, 0.4) is 0 Å². The Kier molecular flexibility index (Phi) is 4.04. The number of para-hydroxylation sites is 1. The quantitative estimate of drug-likeness (QED) is 0.843. The number of hydrogen-bond donors (Lipinski definition) is 1. The van der Waals surface area contributed by atoms with Crippen molar-refractivity contribution in [3.8, 4) is 5.75 Å². The van der Waals surface area contributed by atoms with Crippen LogP contribution in [0, 0.1) is 0 Å². The predicted molar refractivity (Wildman–Crippen MR) is 70.1 cm³/mol. The van der Waals surface area contributed by atoms with Crippen LogP contribution in [0.5, 0.6) is 5.75 Å². The summed E-state index contributed by atoms with van der Waals surface area (Å²) >= 11 is 0. The van der Waals surface area contributed by atoms with E-state index in [4.69, 9.17) is 9.47 Å². The summed E-state index contributed by atoms with van der Waals surface area (Å²) in [4.78, 5) is 23.0. The first-order valence-electron chi connectivity index (χ1n) is 6.37. The molecule has 2 rings (SSSR count). The summed E-state index contributed by atoms with van der Waals surface area (Å²) in [6, 6.07) is 5.53. The molecule has 19 heavy (non-hydrogen) atoms. The number of anilines is 1. The van der Waals surface area contributed by atoms with Crippen molar-refractivity contribution < 1.29 is 19.1 Å². The van der Waals surface area contributed by atoms with E-state index in [0.717, 1.165) is 5.56 Å². The molecule has 1 heterocycles. The number of esters is 1. The third kappa shape index (κ3) is 3.05. The van der Waals surface area contributed by atoms with E-state index in [-0.39, 0.29) is 5.91 Å². The Bertz CT molecular complexity index is 498. The first-order valence-corrected chi connectivity index (χ1v) is 6.37. The molecule has 0 saturated carbocycles. The Morgan fingerprint density at radius 1 is 1.42 bits per heavy atom. The molecule has 1 amide bonds. The molecule has 0 saturated heterocycles. The van der Waals surface area contributed by atoms with E-state index in [0.29, 0.717) is 30.9 Å². The fourth-order valence-electron chi connectivity index (χ4n) is 1.97. The molecule has 5 heteroatoms. The molecule has 102 valence electrons. The normalized spacial score (nSPS) is 15.2. The van der Waals surface area contributed by atoms with Crippen LogP contribution in [0.2, 0.25) is 0 Å². The van der Waals surface area contributed by atoms with Gasteiger partial charge in [-0.05, 0) is 31.9 Å². The van der Waals surface area contributed by atoms with Crippen molar-refractivity contribution >= 4 is 17.6 Å². The number of fused-ring (bicyclic) bond motifs is 1. The molecule has 1 aliphatic heterocycles. The number of carbonyl (C=O) groups excluding carboxylic acids is 2. The lowest BCUT2D eigenvalue weighted by Crippen LogP contribution is -2.27. The number of nitrogens with one attached hydrogen (secondary N) is 1. The van der Waals surface area contributed by atoms with Crippen LogP contribution in [-0.2, 0) is 20.7 Å². The molecule has 1 N–H and O–H groups in total. The van der Waals surface area contributed by atoms with Gasteiger partial charge < -0.3 is 14.8 Å². The number of aryl methyl sites for hydroxylation is 1. The maximum Gasteiger partial charge on any atom is 0.347 e. The highest BCUT2D eigenvalue weighted by Crippen LogP contribution is 2.33. The van der Waals surface area contributed by atoms with E-state index < -0.39 is 12.1 Å². The molecule has 0 aliphatic carbocycles. The maximum atomic E-state index is 11.5. The largest absolute Gasteiger partial charge is 0.477 e. The van der Waals surface area contributed by atoms with E-state index in [2.05, 4.69) is 5.32 Å². The maximum absolute atomic E-state index is 11.5. The summed E-state index contributed by atoms with van der Waals surface area (Å²) in [7, 11) is 0. The van der Waals surface area contributed by atoms with Gasteiger partial charge in [0.15, 0.2) is 6.10 Å². The van der Waals surface area contributed by atoms with E-state index >= 15 is 0 Å². The van der Waals surface area contributed by atoms with Crippen LogP contribution in [0.15, 0.2) is 18.2 Å². The van der Waals surface area contributed by atoms with Crippen LogP contribution in [-0.4, -0.2) is 24.6 Å². The second kappa shape index (κ2) is 5.73. The minimum Gasteiger partial charge on any atom is -0.477 e. The molecule has 0 radical (unpaired) electrons. The van der Waals surface area contributed by atoms with Gasteiger partial charge in [0.1, 0.15) is 5.75 Å². The van der Waals surface area contributed by atoms with Gasteiger partial charge in [-0.25, -0.2) is 4.79 Å². The smallest absolute Gasteiger partial charge is 0.347 e. The second-order valence-electron chi connectivity index (χ2n) is 4.35. The minimum absolute atomic E-state index is 0.0349. The SMILES string of the molecule is CCOC(=O)C(C)Oc1cccc2c1NC(=O)CC2. The number of carbonyl (C=O) groups is 2. The summed E-state index contributed by atoms with van der Waals surface area (Å²) in [5.41, 5.74) is 1.68. The standard InChI is InChI=1S/C14H17NO4/c1-3-18-14(17)9(2)19-11-6-4-5-10-7-8-12(16)15-13(10)11/h4-6,9H,3,7-8H2,1-2H3,(H,15,16). The van der Waals surface area contributed by atoms with Crippen molar-refractivity contribution in [1.29, 1.82) is 0 Å². The van der Waals surface area contributed by atoms with Gasteiger partial charge in [0.2, 0.25) is 5.91 Å². The summed E-state index contributed by atoms with van der Waals surface area (Å²) in [5, 5.41) is 2.79. The van der Waals surface area contributed by atoms with E-state index in [1.807, 2.05) is 12.1 Å². The van der Waals surface area contributed by atoms with E-state index in [1.54, 1.807) is 19.9 Å². The van der Waals surface area contributed by atoms with Crippen LogP contribution in [0.4, 0.5) is 5.69 Å². The average molecular weight is 263 g/mol. The summed E-state index contributed by atoms with van der Waals surface area (Å²) in [6.45, 7) is 3.69. The Balaban J connectivity index is 2.17. The lowest BCUT2D eigenvalue weighted by atomic mass is 10.0. The monoisotopic (exact) mass is 263 g/mol. The summed E-state index contributed by atoms with van der Waals surface area (Å²) in [6.07, 6.45) is 0.459. The predicted octanol–water partition coefficient (Wildman–Crippen LogP) is 1.90. The minimum atomic E-state index is -0.703. The van der Waals surface area contributed by atoms with Gasteiger partial charge in [0.05, 0.1) is 12.3 Å². The Morgan fingerprint density at radius 3 is 2.95 bits per heavy atom. The van der Waals surface area contributed by atoms with Crippen LogP contribution in [0.25, 0.3) is 0 Å². The first-order chi connectivity index (χ1) is 9.11. The molecular weight excluding hydrogens is 246 g/mol. The molecule has 0 spiro atoms. The highest BCUT2D eigenvalue weighted by molar-refractivity contribution is 5.95. The first kappa shape index (κ1) is 13.4. The van der Waals surface area contributed by atoms with Crippen LogP contribution >= 0.6 is 0 Å².